The highest BCUT2D eigenvalue weighted by molar-refractivity contribution is 7.90. The van der Waals surface area contributed by atoms with E-state index in [1.807, 2.05) is 0 Å². The summed E-state index contributed by atoms with van der Waals surface area (Å²) in [5.41, 5.74) is 0.632. The van der Waals surface area contributed by atoms with Crippen molar-refractivity contribution in [2.24, 2.45) is 0 Å². The topological polar surface area (TPSA) is 53.1 Å². The minimum Gasteiger partial charge on any atom is -0.487 e. The molecular formula is C21H25ClFN3O3S. The highest BCUT2D eigenvalue weighted by atomic mass is 35.5. The van der Waals surface area contributed by atoms with Crippen molar-refractivity contribution in [1.82, 2.24) is 9.21 Å². The predicted molar refractivity (Wildman–Crippen MR) is 116 cm³/mol. The van der Waals surface area contributed by atoms with E-state index >= 15 is 0 Å². The predicted octanol–water partition coefficient (Wildman–Crippen LogP) is 3.39. The summed E-state index contributed by atoms with van der Waals surface area (Å²) in [6.45, 7) is 3.62. The number of piperidine rings is 1. The van der Waals surface area contributed by atoms with Crippen molar-refractivity contribution in [2.75, 3.05) is 43.6 Å². The zero-order chi connectivity index (χ0) is 21.1. The second-order valence-corrected chi connectivity index (χ2v) is 9.83. The summed E-state index contributed by atoms with van der Waals surface area (Å²) in [7, 11) is -3.52. The fourth-order valence-corrected chi connectivity index (χ4v) is 5.62. The molecule has 2 aliphatic heterocycles. The molecule has 2 fully saturated rings. The van der Waals surface area contributed by atoms with E-state index in [2.05, 4.69) is 4.90 Å². The van der Waals surface area contributed by atoms with Crippen LogP contribution in [0.4, 0.5) is 10.1 Å². The summed E-state index contributed by atoms with van der Waals surface area (Å²) in [4.78, 5) is 2.24. The van der Waals surface area contributed by atoms with Crippen LogP contribution >= 0.6 is 11.6 Å². The number of anilines is 1. The molecule has 2 aliphatic rings. The minimum absolute atomic E-state index is 0.0194. The summed E-state index contributed by atoms with van der Waals surface area (Å²) < 4.78 is 48.3. The standard InChI is InChI=1S/C21H25ClFN3O3S/c22-17-5-7-18(8-6-17)26-16-15-25(30(26,27)28)14-13-24-11-9-19(10-12-24)29-21-4-2-1-3-20(21)23/h1-8,19H,9-16H2. The molecule has 0 aliphatic carbocycles. The maximum atomic E-state index is 13.8. The van der Waals surface area contributed by atoms with Gasteiger partial charge in [0.25, 0.3) is 0 Å². The van der Waals surface area contributed by atoms with Gasteiger partial charge in [-0.25, -0.2) is 4.39 Å². The van der Waals surface area contributed by atoms with Crippen molar-refractivity contribution >= 4 is 27.5 Å². The van der Waals surface area contributed by atoms with Crippen molar-refractivity contribution in [3.63, 3.8) is 0 Å². The van der Waals surface area contributed by atoms with Crippen LogP contribution in [-0.4, -0.2) is 63.0 Å². The van der Waals surface area contributed by atoms with Crippen molar-refractivity contribution in [2.45, 2.75) is 18.9 Å². The van der Waals surface area contributed by atoms with Crippen molar-refractivity contribution in [3.8, 4) is 5.75 Å². The molecule has 30 heavy (non-hydrogen) atoms. The molecule has 162 valence electrons. The Kier molecular flexibility index (Phi) is 6.48. The van der Waals surface area contributed by atoms with Gasteiger partial charge in [-0.1, -0.05) is 23.7 Å². The Morgan fingerprint density at radius 3 is 2.37 bits per heavy atom. The molecule has 2 aromatic rings. The molecule has 2 heterocycles. The van der Waals surface area contributed by atoms with Crippen LogP contribution in [0.2, 0.25) is 5.02 Å². The second-order valence-electron chi connectivity index (χ2n) is 7.54. The molecule has 0 N–H and O–H groups in total. The molecule has 0 atom stereocenters. The third-order valence-electron chi connectivity index (χ3n) is 5.60. The van der Waals surface area contributed by atoms with E-state index in [-0.39, 0.29) is 11.9 Å². The Morgan fingerprint density at radius 2 is 1.67 bits per heavy atom. The quantitative estimate of drug-likeness (QED) is 0.672. The molecule has 0 radical (unpaired) electrons. The zero-order valence-electron chi connectivity index (χ0n) is 16.6. The molecule has 6 nitrogen and oxygen atoms in total. The van der Waals surface area contributed by atoms with E-state index in [9.17, 15) is 12.8 Å². The maximum Gasteiger partial charge on any atom is 0.304 e. The highest BCUT2D eigenvalue weighted by Crippen LogP contribution is 2.27. The molecule has 2 aromatic carbocycles. The van der Waals surface area contributed by atoms with Gasteiger partial charge in [0.05, 0.1) is 5.69 Å². The van der Waals surface area contributed by atoms with E-state index in [1.54, 1.807) is 42.5 Å². The van der Waals surface area contributed by atoms with Gasteiger partial charge in [0.15, 0.2) is 11.6 Å². The van der Waals surface area contributed by atoms with Gasteiger partial charge in [0.2, 0.25) is 0 Å². The lowest BCUT2D eigenvalue weighted by atomic mass is 10.1. The molecular weight excluding hydrogens is 429 g/mol. The number of hydrogen-bond donors (Lipinski definition) is 0. The number of nitrogens with zero attached hydrogens (tertiary/aromatic N) is 3. The Labute approximate surface area is 182 Å². The largest absolute Gasteiger partial charge is 0.487 e. The summed E-state index contributed by atoms with van der Waals surface area (Å²) in [5, 5.41) is 0.578. The monoisotopic (exact) mass is 453 g/mol. The molecule has 0 spiro atoms. The van der Waals surface area contributed by atoms with Crippen molar-refractivity contribution in [3.05, 3.63) is 59.4 Å². The van der Waals surface area contributed by atoms with E-state index in [4.69, 9.17) is 16.3 Å². The second kappa shape index (κ2) is 9.09. The number of likely N-dealkylation sites (tertiary alicyclic amines) is 1. The molecule has 0 amide bonds. The lowest BCUT2D eigenvalue weighted by Crippen LogP contribution is -2.43. The lowest BCUT2D eigenvalue weighted by molar-refractivity contribution is 0.0950. The Hall–Kier alpha value is -1.87. The van der Waals surface area contributed by atoms with E-state index in [0.717, 1.165) is 25.9 Å². The summed E-state index contributed by atoms with van der Waals surface area (Å²) in [6.07, 6.45) is 1.56. The number of hydrogen-bond acceptors (Lipinski definition) is 4. The van der Waals surface area contributed by atoms with Crippen LogP contribution < -0.4 is 9.04 Å². The number of halogens is 2. The number of ether oxygens (including phenoxy) is 1. The summed E-state index contributed by atoms with van der Waals surface area (Å²) >= 11 is 5.91. The average Bonchev–Trinajstić information content (AvgIpc) is 3.04. The highest BCUT2D eigenvalue weighted by Gasteiger charge is 2.36. The summed E-state index contributed by atoms with van der Waals surface area (Å²) in [6, 6.07) is 13.3. The van der Waals surface area contributed by atoms with Gasteiger partial charge in [-0.2, -0.15) is 12.7 Å². The first-order valence-electron chi connectivity index (χ1n) is 10.1. The molecule has 2 saturated heterocycles. The van der Waals surface area contributed by atoms with Gasteiger partial charge in [-0.05, 0) is 49.2 Å². The van der Waals surface area contributed by atoms with Crippen molar-refractivity contribution < 1.29 is 17.5 Å². The van der Waals surface area contributed by atoms with Crippen LogP contribution in [0.25, 0.3) is 0 Å². The zero-order valence-corrected chi connectivity index (χ0v) is 18.2. The van der Waals surface area contributed by atoms with Gasteiger partial charge < -0.3 is 9.64 Å². The summed E-state index contributed by atoms with van der Waals surface area (Å²) in [5.74, 6) is -0.0502. The van der Waals surface area contributed by atoms with Crippen LogP contribution in [0.15, 0.2) is 48.5 Å². The van der Waals surface area contributed by atoms with Crippen LogP contribution in [0.1, 0.15) is 12.8 Å². The first-order chi connectivity index (χ1) is 14.4. The van der Waals surface area contributed by atoms with E-state index < -0.39 is 10.2 Å². The van der Waals surface area contributed by atoms with Crippen LogP contribution in [-0.2, 0) is 10.2 Å². The fourth-order valence-electron chi connectivity index (χ4n) is 3.89. The van der Waals surface area contributed by atoms with Gasteiger partial charge in [-0.3, -0.25) is 4.31 Å². The SMILES string of the molecule is O=S1(=O)N(CCN2CCC(Oc3ccccc3F)CC2)CCN1c1ccc(Cl)cc1. The normalized spacial score (nSPS) is 20.5. The molecule has 0 bridgehead atoms. The maximum absolute atomic E-state index is 13.8. The first kappa shape index (κ1) is 21.4. The molecule has 0 saturated carbocycles. The van der Waals surface area contributed by atoms with Crippen LogP contribution in [0.5, 0.6) is 5.75 Å². The Morgan fingerprint density at radius 1 is 0.967 bits per heavy atom. The third-order valence-corrected chi connectivity index (χ3v) is 7.82. The van der Waals surface area contributed by atoms with Crippen LogP contribution in [0, 0.1) is 5.82 Å². The van der Waals surface area contributed by atoms with Gasteiger partial charge in [-0.15, -0.1) is 0 Å². The van der Waals surface area contributed by atoms with Crippen LogP contribution in [0.3, 0.4) is 0 Å². The van der Waals surface area contributed by atoms with E-state index in [1.165, 1.54) is 14.7 Å². The number of rotatable bonds is 6. The van der Waals surface area contributed by atoms with Gasteiger partial charge >= 0.3 is 10.2 Å². The third kappa shape index (κ3) is 4.72. The average molecular weight is 454 g/mol. The molecule has 4 rings (SSSR count). The fraction of sp³-hybridized carbons (Fsp3) is 0.429. The molecule has 9 heteroatoms. The molecule has 0 unspecified atom stereocenters. The number of para-hydroxylation sites is 1. The van der Waals surface area contributed by atoms with Gasteiger partial charge in [0.1, 0.15) is 6.10 Å². The van der Waals surface area contributed by atoms with Crippen molar-refractivity contribution in [1.29, 1.82) is 0 Å². The van der Waals surface area contributed by atoms with Gasteiger partial charge in [0, 0.05) is 44.3 Å². The van der Waals surface area contributed by atoms with E-state index in [0.29, 0.717) is 42.6 Å². The first-order valence-corrected chi connectivity index (χ1v) is 11.9. The molecule has 0 aromatic heterocycles. The Bertz CT molecular complexity index is 966. The Balaban J connectivity index is 1.27. The number of benzene rings is 2. The minimum atomic E-state index is -3.52. The smallest absolute Gasteiger partial charge is 0.304 e. The lowest BCUT2D eigenvalue weighted by Gasteiger charge is -2.33.